The van der Waals surface area contributed by atoms with Gasteiger partial charge in [-0.1, -0.05) is 27.7 Å². The molecule has 1 saturated heterocycles. The molecule has 98 valence electrons. The van der Waals surface area contributed by atoms with Crippen molar-refractivity contribution in [2.45, 2.75) is 59.4 Å². The summed E-state index contributed by atoms with van der Waals surface area (Å²) in [6.07, 6.45) is 4.64. The highest BCUT2D eigenvalue weighted by Gasteiger charge is 2.39. The molecule has 17 heavy (non-hydrogen) atoms. The summed E-state index contributed by atoms with van der Waals surface area (Å²) in [4.78, 5) is 14.8. The third kappa shape index (κ3) is 2.51. The molecule has 2 nitrogen and oxygen atoms in total. The van der Waals surface area contributed by atoms with Gasteiger partial charge in [-0.15, -0.1) is 0 Å². The topological polar surface area (TPSA) is 20.3 Å². The highest BCUT2D eigenvalue weighted by atomic mass is 16.2. The Labute approximate surface area is 106 Å². The van der Waals surface area contributed by atoms with Gasteiger partial charge in [0, 0.05) is 18.5 Å². The SMILES string of the molecule is CC(C)C1CCCN1C(=O)C1CC(C)C(C)C1. The monoisotopic (exact) mass is 237 g/mol. The molecule has 2 aliphatic rings. The first-order valence-corrected chi connectivity index (χ1v) is 7.31. The van der Waals surface area contributed by atoms with Crippen molar-refractivity contribution in [2.24, 2.45) is 23.7 Å². The molecule has 0 radical (unpaired) electrons. The third-order valence-corrected chi connectivity index (χ3v) is 4.99. The summed E-state index contributed by atoms with van der Waals surface area (Å²) < 4.78 is 0. The number of carbonyl (C=O) groups is 1. The van der Waals surface area contributed by atoms with Gasteiger partial charge in [0.2, 0.25) is 5.91 Å². The fraction of sp³-hybridized carbons (Fsp3) is 0.933. The molecule has 0 N–H and O–H groups in total. The lowest BCUT2D eigenvalue weighted by atomic mass is 9.99. The number of hydrogen-bond donors (Lipinski definition) is 0. The minimum atomic E-state index is 0.319. The maximum atomic E-state index is 12.6. The van der Waals surface area contributed by atoms with Crippen LogP contribution in [0.2, 0.25) is 0 Å². The molecule has 1 aliphatic heterocycles. The van der Waals surface area contributed by atoms with Crippen LogP contribution in [0, 0.1) is 23.7 Å². The second-order valence-corrected chi connectivity index (χ2v) is 6.61. The van der Waals surface area contributed by atoms with Crippen molar-refractivity contribution in [3.8, 4) is 0 Å². The van der Waals surface area contributed by atoms with Crippen LogP contribution < -0.4 is 0 Å². The molecule has 3 unspecified atom stereocenters. The first-order chi connectivity index (χ1) is 8.00. The van der Waals surface area contributed by atoms with Gasteiger partial charge in [-0.25, -0.2) is 0 Å². The molecule has 1 aliphatic carbocycles. The smallest absolute Gasteiger partial charge is 0.225 e. The van der Waals surface area contributed by atoms with Crippen LogP contribution in [0.4, 0.5) is 0 Å². The van der Waals surface area contributed by atoms with E-state index in [2.05, 4.69) is 32.6 Å². The van der Waals surface area contributed by atoms with E-state index in [0.29, 0.717) is 23.8 Å². The van der Waals surface area contributed by atoms with E-state index in [1.807, 2.05) is 0 Å². The van der Waals surface area contributed by atoms with Crippen LogP contribution in [0.25, 0.3) is 0 Å². The lowest BCUT2D eigenvalue weighted by Crippen LogP contribution is -2.41. The lowest BCUT2D eigenvalue weighted by molar-refractivity contribution is -0.137. The summed E-state index contributed by atoms with van der Waals surface area (Å²) in [6.45, 7) is 10.1. The standard InChI is InChI=1S/C15H27NO/c1-10(2)14-6-5-7-16(14)15(17)13-8-11(3)12(4)9-13/h10-14H,5-9H2,1-4H3. The Morgan fingerprint density at radius 3 is 2.29 bits per heavy atom. The Balaban J connectivity index is 2.00. The van der Waals surface area contributed by atoms with Gasteiger partial charge in [-0.05, 0) is 43.4 Å². The molecule has 1 amide bonds. The molecular formula is C15H27NO. The van der Waals surface area contributed by atoms with Crippen LogP contribution in [-0.2, 0) is 4.79 Å². The first-order valence-electron chi connectivity index (χ1n) is 7.31. The van der Waals surface area contributed by atoms with Crippen LogP contribution >= 0.6 is 0 Å². The van der Waals surface area contributed by atoms with Gasteiger partial charge in [0.1, 0.15) is 0 Å². The normalized spacial score (nSPS) is 38.1. The number of carbonyl (C=O) groups excluding carboxylic acids is 1. The van der Waals surface area contributed by atoms with Gasteiger partial charge in [0.05, 0.1) is 0 Å². The molecule has 0 spiro atoms. The molecular weight excluding hydrogens is 210 g/mol. The fourth-order valence-corrected chi connectivity index (χ4v) is 3.65. The minimum Gasteiger partial charge on any atom is -0.339 e. The zero-order chi connectivity index (χ0) is 12.6. The summed E-state index contributed by atoms with van der Waals surface area (Å²) in [7, 11) is 0. The lowest BCUT2D eigenvalue weighted by Gasteiger charge is -2.30. The largest absolute Gasteiger partial charge is 0.339 e. The van der Waals surface area contributed by atoms with Crippen molar-refractivity contribution >= 4 is 5.91 Å². The van der Waals surface area contributed by atoms with Gasteiger partial charge < -0.3 is 4.90 Å². The Hall–Kier alpha value is -0.530. The van der Waals surface area contributed by atoms with Crippen molar-refractivity contribution in [1.29, 1.82) is 0 Å². The van der Waals surface area contributed by atoms with Crippen molar-refractivity contribution in [2.75, 3.05) is 6.54 Å². The van der Waals surface area contributed by atoms with Gasteiger partial charge in [-0.2, -0.15) is 0 Å². The molecule has 0 aromatic heterocycles. The number of rotatable bonds is 2. The molecule has 1 heterocycles. The minimum absolute atomic E-state index is 0.319. The van der Waals surface area contributed by atoms with E-state index in [9.17, 15) is 4.79 Å². The number of hydrogen-bond acceptors (Lipinski definition) is 1. The van der Waals surface area contributed by atoms with E-state index in [1.165, 1.54) is 12.8 Å². The Bertz CT molecular complexity index is 277. The van der Waals surface area contributed by atoms with Gasteiger partial charge in [0.15, 0.2) is 0 Å². The molecule has 2 fully saturated rings. The van der Waals surface area contributed by atoms with Crippen LogP contribution in [-0.4, -0.2) is 23.4 Å². The van der Waals surface area contributed by atoms with E-state index >= 15 is 0 Å². The third-order valence-electron chi connectivity index (χ3n) is 4.99. The predicted octanol–water partition coefficient (Wildman–Crippen LogP) is 3.32. The first kappa shape index (κ1) is 12.9. The molecule has 3 atom stereocenters. The van der Waals surface area contributed by atoms with Gasteiger partial charge in [-0.3, -0.25) is 4.79 Å². The molecule has 2 heteroatoms. The molecule has 0 aromatic carbocycles. The Morgan fingerprint density at radius 1 is 1.18 bits per heavy atom. The summed E-state index contributed by atoms with van der Waals surface area (Å²) in [6, 6.07) is 0.508. The summed E-state index contributed by atoms with van der Waals surface area (Å²) in [5.74, 6) is 2.84. The zero-order valence-electron chi connectivity index (χ0n) is 11.8. The van der Waals surface area contributed by atoms with Gasteiger partial charge >= 0.3 is 0 Å². The second-order valence-electron chi connectivity index (χ2n) is 6.61. The summed E-state index contributed by atoms with van der Waals surface area (Å²) in [5.41, 5.74) is 0. The Morgan fingerprint density at radius 2 is 1.76 bits per heavy atom. The van der Waals surface area contributed by atoms with Crippen molar-refractivity contribution in [3.05, 3.63) is 0 Å². The molecule has 2 rings (SSSR count). The van der Waals surface area contributed by atoms with Crippen molar-refractivity contribution in [1.82, 2.24) is 4.90 Å². The number of amides is 1. The maximum Gasteiger partial charge on any atom is 0.225 e. The predicted molar refractivity (Wildman–Crippen MR) is 70.6 cm³/mol. The average Bonchev–Trinajstić information content (AvgIpc) is 2.85. The Kier molecular flexibility index (Phi) is 3.79. The van der Waals surface area contributed by atoms with Crippen LogP contribution in [0.15, 0.2) is 0 Å². The van der Waals surface area contributed by atoms with E-state index in [-0.39, 0.29) is 0 Å². The van der Waals surface area contributed by atoms with Crippen molar-refractivity contribution in [3.63, 3.8) is 0 Å². The zero-order valence-corrected chi connectivity index (χ0v) is 11.8. The van der Waals surface area contributed by atoms with Crippen molar-refractivity contribution < 1.29 is 4.79 Å². The van der Waals surface area contributed by atoms with Crippen LogP contribution in [0.1, 0.15) is 53.4 Å². The highest BCUT2D eigenvalue weighted by Crippen LogP contribution is 2.38. The van der Waals surface area contributed by atoms with E-state index in [0.717, 1.165) is 31.2 Å². The van der Waals surface area contributed by atoms with E-state index < -0.39 is 0 Å². The van der Waals surface area contributed by atoms with Gasteiger partial charge in [0.25, 0.3) is 0 Å². The second kappa shape index (κ2) is 4.99. The number of nitrogens with zero attached hydrogens (tertiary/aromatic N) is 1. The summed E-state index contributed by atoms with van der Waals surface area (Å²) in [5, 5.41) is 0. The van der Waals surface area contributed by atoms with E-state index in [1.54, 1.807) is 0 Å². The van der Waals surface area contributed by atoms with Crippen LogP contribution in [0.5, 0.6) is 0 Å². The van der Waals surface area contributed by atoms with E-state index in [4.69, 9.17) is 0 Å². The quantitative estimate of drug-likeness (QED) is 0.721. The van der Waals surface area contributed by atoms with Crippen LogP contribution in [0.3, 0.4) is 0 Å². The maximum absolute atomic E-state index is 12.6. The highest BCUT2D eigenvalue weighted by molar-refractivity contribution is 5.79. The summed E-state index contributed by atoms with van der Waals surface area (Å²) >= 11 is 0. The average molecular weight is 237 g/mol. The molecule has 1 saturated carbocycles. The molecule has 0 bridgehead atoms. The fourth-order valence-electron chi connectivity index (χ4n) is 3.65. The number of likely N-dealkylation sites (tertiary alicyclic amines) is 1. The molecule has 0 aromatic rings.